The zero-order valence-electron chi connectivity index (χ0n) is 17.5. The van der Waals surface area contributed by atoms with Crippen LogP contribution in [-0.2, 0) is 10.0 Å². The van der Waals surface area contributed by atoms with Crippen molar-refractivity contribution in [3.05, 3.63) is 18.6 Å². The van der Waals surface area contributed by atoms with E-state index < -0.39 is 10.0 Å². The number of aromatic amines is 1. The lowest BCUT2D eigenvalue weighted by molar-refractivity contribution is 0.112. The summed E-state index contributed by atoms with van der Waals surface area (Å²) in [5.74, 6) is 1.17. The number of anilines is 1. The summed E-state index contributed by atoms with van der Waals surface area (Å²) in [6.07, 6.45) is 10.4. The third-order valence-electron chi connectivity index (χ3n) is 6.09. The molecule has 0 bridgehead atoms. The molecule has 0 spiro atoms. The van der Waals surface area contributed by atoms with Crippen molar-refractivity contribution < 1.29 is 13.2 Å². The number of nitrogens with one attached hydrogen (secondary N) is 2. The second-order valence-electron chi connectivity index (χ2n) is 8.41. The van der Waals surface area contributed by atoms with Gasteiger partial charge in [-0.05, 0) is 31.6 Å². The zero-order valence-corrected chi connectivity index (χ0v) is 18.3. The van der Waals surface area contributed by atoms with E-state index in [4.69, 9.17) is 4.74 Å². The maximum atomic E-state index is 11.8. The lowest BCUT2D eigenvalue weighted by Crippen LogP contribution is -2.47. The summed E-state index contributed by atoms with van der Waals surface area (Å²) in [6, 6.07) is 0.0766. The van der Waals surface area contributed by atoms with Gasteiger partial charge in [-0.25, -0.2) is 17.7 Å². The van der Waals surface area contributed by atoms with Gasteiger partial charge in [-0.2, -0.15) is 14.6 Å². The first-order valence-electron chi connectivity index (χ1n) is 10.5. The van der Waals surface area contributed by atoms with Crippen molar-refractivity contribution in [2.45, 2.75) is 44.8 Å². The van der Waals surface area contributed by atoms with Crippen molar-refractivity contribution in [3.8, 4) is 17.1 Å². The minimum atomic E-state index is -3.18. The molecule has 0 amide bonds. The molecule has 5 rings (SSSR count). The average molecular weight is 447 g/mol. The number of nitrogens with zero attached hydrogens (tertiary/aromatic N) is 6. The Balaban J connectivity index is 1.42. The predicted octanol–water partition coefficient (Wildman–Crippen LogP) is 1.53. The third-order valence-corrected chi connectivity index (χ3v) is 7.36. The molecule has 11 nitrogen and oxygen atoms in total. The van der Waals surface area contributed by atoms with Crippen molar-refractivity contribution in [1.82, 2.24) is 34.1 Å². The summed E-state index contributed by atoms with van der Waals surface area (Å²) in [5, 5.41) is 14.9. The lowest BCUT2D eigenvalue weighted by Gasteiger charge is -2.35. The molecule has 1 saturated heterocycles. The van der Waals surface area contributed by atoms with Gasteiger partial charge in [-0.3, -0.25) is 5.10 Å². The van der Waals surface area contributed by atoms with Gasteiger partial charge in [-0.15, -0.1) is 5.10 Å². The molecule has 12 heteroatoms. The van der Waals surface area contributed by atoms with Crippen LogP contribution in [0.1, 0.15) is 32.6 Å². The molecule has 2 N–H and O–H groups in total. The van der Waals surface area contributed by atoms with E-state index in [0.29, 0.717) is 42.7 Å². The van der Waals surface area contributed by atoms with Crippen LogP contribution in [0, 0.1) is 5.92 Å². The van der Waals surface area contributed by atoms with E-state index in [1.54, 1.807) is 23.1 Å². The average Bonchev–Trinajstić information content (AvgIpc) is 3.34. The van der Waals surface area contributed by atoms with Gasteiger partial charge in [-0.1, -0.05) is 6.92 Å². The summed E-state index contributed by atoms with van der Waals surface area (Å²) in [4.78, 5) is 9.15. The number of H-pyrrole nitrogens is 1. The van der Waals surface area contributed by atoms with E-state index in [2.05, 4.69) is 30.6 Å². The van der Waals surface area contributed by atoms with Crippen LogP contribution in [0.5, 0.6) is 5.88 Å². The fraction of sp³-hybridized carbons (Fsp3) is 0.579. The topological polar surface area (TPSA) is 130 Å². The molecule has 1 aliphatic heterocycles. The summed E-state index contributed by atoms with van der Waals surface area (Å²) < 4.78 is 33.2. The highest BCUT2D eigenvalue weighted by Gasteiger charge is 2.31. The number of sulfonamides is 1. The van der Waals surface area contributed by atoms with Crippen LogP contribution >= 0.6 is 0 Å². The molecule has 2 atom stereocenters. The minimum absolute atomic E-state index is 0.0766. The van der Waals surface area contributed by atoms with Gasteiger partial charge in [0.25, 0.3) is 0 Å². The maximum absolute atomic E-state index is 11.8. The van der Waals surface area contributed by atoms with E-state index >= 15 is 0 Å². The van der Waals surface area contributed by atoms with Crippen molar-refractivity contribution in [2.75, 3.05) is 24.7 Å². The summed E-state index contributed by atoms with van der Waals surface area (Å²) in [5.41, 5.74) is 2.08. The number of hydrogen-bond acceptors (Lipinski definition) is 8. The van der Waals surface area contributed by atoms with E-state index in [1.165, 1.54) is 10.6 Å². The van der Waals surface area contributed by atoms with Gasteiger partial charge in [0.15, 0.2) is 5.65 Å². The molecular weight excluding hydrogens is 420 g/mol. The number of aromatic nitrogens is 6. The van der Waals surface area contributed by atoms with E-state index in [-0.39, 0.29) is 18.1 Å². The third kappa shape index (κ3) is 3.97. The number of hydrogen-bond donors (Lipinski definition) is 2. The lowest BCUT2D eigenvalue weighted by atomic mass is 9.95. The standard InChI is InChI=1S/C19H26N8O3S/c1-12-11-26(31(2,28)29)7-6-15(12)23-19-24-16-10-20-17(13-8-21-22-9-13)18(27(16)25-19)30-14-4-3-5-14/h8-10,12,14-15H,3-7,11H2,1-2H3,(H,21,22)(H,23,25)/t12-,15?/m1/s1. The molecule has 2 aliphatic rings. The van der Waals surface area contributed by atoms with Crippen LogP contribution in [0.25, 0.3) is 16.9 Å². The van der Waals surface area contributed by atoms with Crippen molar-refractivity contribution >= 4 is 21.6 Å². The molecule has 3 aromatic rings. The Morgan fingerprint density at radius 1 is 1.26 bits per heavy atom. The van der Waals surface area contributed by atoms with Gasteiger partial charge >= 0.3 is 0 Å². The SMILES string of the molecule is C[C@@H]1CN(S(C)(=O)=O)CCC1Nc1nc2cnc(-c3cn[nH]c3)c(OC3CCC3)n2n1. The molecule has 3 aromatic heterocycles. The highest BCUT2D eigenvalue weighted by atomic mass is 32.2. The Morgan fingerprint density at radius 3 is 2.74 bits per heavy atom. The largest absolute Gasteiger partial charge is 0.473 e. The molecule has 1 aliphatic carbocycles. The summed E-state index contributed by atoms with van der Waals surface area (Å²) in [7, 11) is -3.18. The van der Waals surface area contributed by atoms with Gasteiger partial charge < -0.3 is 10.1 Å². The Morgan fingerprint density at radius 2 is 2.10 bits per heavy atom. The quantitative estimate of drug-likeness (QED) is 0.583. The Bertz CT molecular complexity index is 1170. The molecule has 1 unspecified atom stereocenters. The fourth-order valence-electron chi connectivity index (χ4n) is 4.02. The van der Waals surface area contributed by atoms with Gasteiger partial charge in [0.05, 0.1) is 18.6 Å². The molecule has 0 radical (unpaired) electrons. The van der Waals surface area contributed by atoms with Crippen LogP contribution in [0.3, 0.4) is 0 Å². The normalized spacial score (nSPS) is 23.0. The van der Waals surface area contributed by atoms with Crippen molar-refractivity contribution in [3.63, 3.8) is 0 Å². The van der Waals surface area contributed by atoms with Crippen LogP contribution in [-0.4, -0.2) is 74.0 Å². The first-order valence-corrected chi connectivity index (χ1v) is 12.4. The highest BCUT2D eigenvalue weighted by Crippen LogP contribution is 2.32. The number of rotatable bonds is 6. The first-order chi connectivity index (χ1) is 14.9. The van der Waals surface area contributed by atoms with E-state index in [9.17, 15) is 8.42 Å². The van der Waals surface area contributed by atoms with Crippen molar-refractivity contribution in [2.24, 2.45) is 5.92 Å². The molecule has 1 saturated carbocycles. The molecule has 0 aromatic carbocycles. The van der Waals surface area contributed by atoms with Gasteiger partial charge in [0.2, 0.25) is 21.9 Å². The summed E-state index contributed by atoms with van der Waals surface area (Å²) in [6.45, 7) is 3.00. The smallest absolute Gasteiger partial charge is 0.244 e. The van der Waals surface area contributed by atoms with Gasteiger partial charge in [0, 0.05) is 30.9 Å². The molecule has 166 valence electrons. The van der Waals surface area contributed by atoms with Crippen LogP contribution in [0.15, 0.2) is 18.6 Å². The number of ether oxygens (including phenoxy) is 1. The summed E-state index contributed by atoms with van der Waals surface area (Å²) >= 11 is 0. The van der Waals surface area contributed by atoms with Crippen molar-refractivity contribution in [1.29, 1.82) is 0 Å². The molecule has 31 heavy (non-hydrogen) atoms. The first kappa shape index (κ1) is 20.2. The zero-order chi connectivity index (χ0) is 21.6. The Hall–Kier alpha value is -2.73. The van der Waals surface area contributed by atoms with Crippen LogP contribution in [0.4, 0.5) is 5.95 Å². The van der Waals surface area contributed by atoms with Crippen LogP contribution in [0.2, 0.25) is 0 Å². The predicted molar refractivity (Wildman–Crippen MR) is 114 cm³/mol. The Kier molecular flexibility index (Phi) is 5.05. The minimum Gasteiger partial charge on any atom is -0.473 e. The fourth-order valence-corrected chi connectivity index (χ4v) is 4.96. The monoisotopic (exact) mass is 446 g/mol. The van der Waals surface area contributed by atoms with E-state index in [1.807, 2.05) is 6.92 Å². The Labute approximate surface area is 180 Å². The van der Waals surface area contributed by atoms with Gasteiger partial charge in [0.1, 0.15) is 11.8 Å². The van der Waals surface area contributed by atoms with E-state index in [0.717, 1.165) is 24.8 Å². The number of piperidine rings is 1. The molecule has 2 fully saturated rings. The molecular formula is C19H26N8O3S. The highest BCUT2D eigenvalue weighted by molar-refractivity contribution is 7.88. The van der Waals surface area contributed by atoms with Crippen LogP contribution < -0.4 is 10.1 Å². The maximum Gasteiger partial charge on any atom is 0.244 e. The second kappa shape index (κ2) is 7.75. The second-order valence-corrected chi connectivity index (χ2v) is 10.4. The molecule has 4 heterocycles. The number of fused-ring (bicyclic) bond motifs is 1.